The Labute approximate surface area is 115 Å². The number of nitrogens with zero attached hydrogens (tertiary/aromatic N) is 3. The van der Waals surface area contributed by atoms with Crippen LogP contribution in [0, 0.1) is 6.92 Å². The molecule has 0 unspecified atom stereocenters. The number of pyridine rings is 1. The standard InChI is InChI=1S/C14H13ClN4/c1-9-4-2-5-10(17-9)8-19-12-7-3-6-11(15)13(12)18-14(19)16/h2-7H,8H2,1H3,(H2,16,18). The quantitative estimate of drug-likeness (QED) is 0.780. The highest BCUT2D eigenvalue weighted by Gasteiger charge is 2.11. The molecular weight excluding hydrogens is 260 g/mol. The summed E-state index contributed by atoms with van der Waals surface area (Å²) in [5.74, 6) is 0.450. The molecule has 5 heteroatoms. The van der Waals surface area contributed by atoms with Gasteiger partial charge in [-0.25, -0.2) is 4.98 Å². The number of fused-ring (bicyclic) bond motifs is 1. The van der Waals surface area contributed by atoms with Gasteiger partial charge in [0, 0.05) is 5.69 Å². The largest absolute Gasteiger partial charge is 0.369 e. The lowest BCUT2D eigenvalue weighted by Gasteiger charge is -2.06. The number of anilines is 1. The van der Waals surface area contributed by atoms with Gasteiger partial charge in [0.25, 0.3) is 0 Å². The van der Waals surface area contributed by atoms with E-state index >= 15 is 0 Å². The molecule has 0 aliphatic carbocycles. The minimum atomic E-state index is 0.450. The first-order chi connectivity index (χ1) is 9.15. The fourth-order valence-corrected chi connectivity index (χ4v) is 2.36. The zero-order chi connectivity index (χ0) is 13.4. The summed E-state index contributed by atoms with van der Waals surface area (Å²) in [5.41, 5.74) is 9.56. The lowest BCUT2D eigenvalue weighted by molar-refractivity contribution is 0.804. The molecule has 0 aliphatic rings. The number of nitrogen functional groups attached to an aromatic ring is 1. The molecule has 3 aromatic rings. The van der Waals surface area contributed by atoms with E-state index in [4.69, 9.17) is 17.3 Å². The summed E-state index contributed by atoms with van der Waals surface area (Å²) >= 11 is 6.12. The molecular formula is C14H13ClN4. The van der Waals surface area contributed by atoms with Gasteiger partial charge in [0.05, 0.1) is 22.8 Å². The Kier molecular flexibility index (Phi) is 2.87. The molecule has 2 aromatic heterocycles. The molecule has 1 aromatic carbocycles. The Morgan fingerprint density at radius 3 is 2.74 bits per heavy atom. The van der Waals surface area contributed by atoms with Crippen LogP contribution in [-0.4, -0.2) is 14.5 Å². The summed E-state index contributed by atoms with van der Waals surface area (Å²) in [5, 5.41) is 0.611. The number of imidazole rings is 1. The van der Waals surface area contributed by atoms with Crippen molar-refractivity contribution in [2.24, 2.45) is 0 Å². The van der Waals surface area contributed by atoms with Gasteiger partial charge in [-0.15, -0.1) is 0 Å². The number of rotatable bonds is 2. The number of aromatic nitrogens is 3. The first-order valence-electron chi connectivity index (χ1n) is 5.98. The summed E-state index contributed by atoms with van der Waals surface area (Å²) < 4.78 is 1.92. The van der Waals surface area contributed by atoms with Gasteiger partial charge in [-0.05, 0) is 31.2 Å². The lowest BCUT2D eigenvalue weighted by atomic mass is 10.3. The average Bonchev–Trinajstić information content (AvgIpc) is 2.69. The van der Waals surface area contributed by atoms with E-state index in [1.165, 1.54) is 0 Å². The van der Waals surface area contributed by atoms with E-state index in [1.807, 2.05) is 47.9 Å². The molecule has 3 rings (SSSR count). The SMILES string of the molecule is Cc1cccc(Cn2c(N)nc3c(Cl)cccc32)n1. The van der Waals surface area contributed by atoms with Crippen LogP contribution in [0.15, 0.2) is 36.4 Å². The van der Waals surface area contributed by atoms with Crippen molar-refractivity contribution in [2.75, 3.05) is 5.73 Å². The van der Waals surface area contributed by atoms with Gasteiger partial charge in [-0.1, -0.05) is 23.7 Å². The molecule has 0 fully saturated rings. The van der Waals surface area contributed by atoms with Gasteiger partial charge < -0.3 is 10.3 Å². The van der Waals surface area contributed by atoms with E-state index in [-0.39, 0.29) is 0 Å². The molecule has 0 amide bonds. The highest BCUT2D eigenvalue weighted by molar-refractivity contribution is 6.35. The molecule has 2 N–H and O–H groups in total. The molecule has 0 saturated heterocycles. The van der Waals surface area contributed by atoms with Crippen LogP contribution in [-0.2, 0) is 6.54 Å². The monoisotopic (exact) mass is 272 g/mol. The van der Waals surface area contributed by atoms with Crippen LogP contribution in [0.1, 0.15) is 11.4 Å². The summed E-state index contributed by atoms with van der Waals surface area (Å²) in [7, 11) is 0. The van der Waals surface area contributed by atoms with Gasteiger partial charge in [0.15, 0.2) is 0 Å². The number of para-hydroxylation sites is 1. The smallest absolute Gasteiger partial charge is 0.201 e. The zero-order valence-electron chi connectivity index (χ0n) is 10.5. The van der Waals surface area contributed by atoms with Gasteiger partial charge >= 0.3 is 0 Å². The second kappa shape index (κ2) is 4.55. The maximum absolute atomic E-state index is 6.12. The molecule has 4 nitrogen and oxygen atoms in total. The minimum absolute atomic E-state index is 0.450. The molecule has 0 radical (unpaired) electrons. The molecule has 0 bridgehead atoms. The van der Waals surface area contributed by atoms with Crippen molar-refractivity contribution in [3.8, 4) is 0 Å². The summed E-state index contributed by atoms with van der Waals surface area (Å²) in [6.07, 6.45) is 0. The Hall–Kier alpha value is -2.07. The summed E-state index contributed by atoms with van der Waals surface area (Å²) in [6, 6.07) is 11.6. The first-order valence-corrected chi connectivity index (χ1v) is 6.36. The molecule has 19 heavy (non-hydrogen) atoms. The van der Waals surface area contributed by atoms with Crippen LogP contribution >= 0.6 is 11.6 Å². The number of hydrogen-bond acceptors (Lipinski definition) is 3. The predicted molar refractivity (Wildman–Crippen MR) is 77.2 cm³/mol. The zero-order valence-corrected chi connectivity index (χ0v) is 11.2. The van der Waals surface area contributed by atoms with Crippen molar-refractivity contribution in [1.29, 1.82) is 0 Å². The minimum Gasteiger partial charge on any atom is -0.369 e. The summed E-state index contributed by atoms with van der Waals surface area (Å²) in [4.78, 5) is 8.79. The fraction of sp³-hybridized carbons (Fsp3) is 0.143. The Balaban J connectivity index is 2.10. The van der Waals surface area contributed by atoms with Gasteiger partial charge in [-0.2, -0.15) is 0 Å². The molecule has 2 heterocycles. The Morgan fingerprint density at radius 2 is 1.95 bits per heavy atom. The van der Waals surface area contributed by atoms with Crippen molar-refractivity contribution in [3.05, 3.63) is 52.8 Å². The topological polar surface area (TPSA) is 56.7 Å². The van der Waals surface area contributed by atoms with Crippen molar-refractivity contribution < 1.29 is 0 Å². The first kappa shape index (κ1) is 12.0. The van der Waals surface area contributed by atoms with Gasteiger partial charge in [-0.3, -0.25) is 4.98 Å². The number of nitrogens with two attached hydrogens (primary N) is 1. The van der Waals surface area contributed by atoms with Crippen LogP contribution in [0.3, 0.4) is 0 Å². The molecule has 0 saturated carbocycles. The van der Waals surface area contributed by atoms with E-state index < -0.39 is 0 Å². The summed E-state index contributed by atoms with van der Waals surface area (Å²) in [6.45, 7) is 2.56. The van der Waals surface area contributed by atoms with E-state index in [0.29, 0.717) is 17.5 Å². The highest BCUT2D eigenvalue weighted by Crippen LogP contribution is 2.25. The molecule has 96 valence electrons. The van der Waals surface area contributed by atoms with Crippen molar-refractivity contribution >= 4 is 28.6 Å². The van der Waals surface area contributed by atoms with E-state index in [0.717, 1.165) is 22.4 Å². The fourth-order valence-electron chi connectivity index (χ4n) is 2.15. The molecule has 0 spiro atoms. The third-order valence-electron chi connectivity index (χ3n) is 3.03. The number of benzene rings is 1. The average molecular weight is 273 g/mol. The molecule has 0 aliphatic heterocycles. The third-order valence-corrected chi connectivity index (χ3v) is 3.33. The second-order valence-corrected chi connectivity index (χ2v) is 4.84. The Morgan fingerprint density at radius 1 is 1.16 bits per heavy atom. The van der Waals surface area contributed by atoms with Crippen molar-refractivity contribution in [3.63, 3.8) is 0 Å². The van der Waals surface area contributed by atoms with Crippen molar-refractivity contribution in [2.45, 2.75) is 13.5 Å². The number of halogens is 1. The van der Waals surface area contributed by atoms with E-state index in [9.17, 15) is 0 Å². The van der Waals surface area contributed by atoms with Crippen LogP contribution in [0.25, 0.3) is 11.0 Å². The van der Waals surface area contributed by atoms with Crippen LogP contribution < -0.4 is 5.73 Å². The van der Waals surface area contributed by atoms with Crippen LogP contribution in [0.5, 0.6) is 0 Å². The highest BCUT2D eigenvalue weighted by atomic mass is 35.5. The predicted octanol–water partition coefficient (Wildman–Crippen LogP) is 3.02. The maximum Gasteiger partial charge on any atom is 0.201 e. The molecule has 0 atom stereocenters. The maximum atomic E-state index is 6.12. The van der Waals surface area contributed by atoms with Crippen molar-refractivity contribution in [1.82, 2.24) is 14.5 Å². The lowest BCUT2D eigenvalue weighted by Crippen LogP contribution is -2.06. The Bertz CT molecular complexity index is 748. The number of hydrogen-bond donors (Lipinski definition) is 1. The van der Waals surface area contributed by atoms with E-state index in [1.54, 1.807) is 0 Å². The van der Waals surface area contributed by atoms with Gasteiger partial charge in [0.1, 0.15) is 5.52 Å². The normalized spacial score (nSPS) is 11.1. The number of aryl methyl sites for hydroxylation is 1. The van der Waals surface area contributed by atoms with Crippen LogP contribution in [0.2, 0.25) is 5.02 Å². The van der Waals surface area contributed by atoms with E-state index in [2.05, 4.69) is 9.97 Å². The van der Waals surface area contributed by atoms with Gasteiger partial charge in [0.2, 0.25) is 5.95 Å². The van der Waals surface area contributed by atoms with Crippen LogP contribution in [0.4, 0.5) is 5.95 Å². The second-order valence-electron chi connectivity index (χ2n) is 4.43. The third kappa shape index (κ3) is 2.15.